The van der Waals surface area contributed by atoms with E-state index in [4.69, 9.17) is 4.52 Å². The molecule has 1 aromatic heterocycles. The lowest BCUT2D eigenvalue weighted by Gasteiger charge is -2.07. The first-order valence-electron chi connectivity index (χ1n) is 7.09. The maximum absolute atomic E-state index is 9.50. The Morgan fingerprint density at radius 2 is 1.60 bits per heavy atom. The van der Waals surface area contributed by atoms with Crippen molar-refractivity contribution in [2.75, 3.05) is 0 Å². The van der Waals surface area contributed by atoms with Crippen LogP contribution in [0.15, 0.2) is 22.7 Å². The van der Waals surface area contributed by atoms with Crippen molar-refractivity contribution >= 4 is 0 Å². The number of phenols is 2. The molecule has 20 heavy (non-hydrogen) atoms. The fraction of sp³-hybridized carbons (Fsp3) is 0.467. The second kappa shape index (κ2) is 5.53. The van der Waals surface area contributed by atoms with Crippen LogP contribution in [0.1, 0.15) is 50.3 Å². The molecule has 1 aliphatic carbocycles. The van der Waals surface area contributed by atoms with E-state index in [2.05, 4.69) is 10.1 Å². The molecule has 2 N–H and O–H groups in total. The molecule has 0 atom stereocenters. The van der Waals surface area contributed by atoms with Gasteiger partial charge in [-0.25, -0.2) is 0 Å². The summed E-state index contributed by atoms with van der Waals surface area (Å²) in [5.74, 6) is 1.41. The quantitative estimate of drug-likeness (QED) is 0.818. The average molecular weight is 274 g/mol. The topological polar surface area (TPSA) is 79.4 Å². The predicted molar refractivity (Wildman–Crippen MR) is 73.5 cm³/mol. The molecule has 1 saturated carbocycles. The molecule has 0 aliphatic heterocycles. The summed E-state index contributed by atoms with van der Waals surface area (Å²) >= 11 is 0. The predicted octanol–water partition coefficient (Wildman–Crippen LogP) is 3.59. The third-order valence-corrected chi connectivity index (χ3v) is 3.81. The monoisotopic (exact) mass is 274 g/mol. The van der Waals surface area contributed by atoms with Gasteiger partial charge in [0.05, 0.1) is 0 Å². The average Bonchev–Trinajstić information content (AvgIpc) is 2.74. The van der Waals surface area contributed by atoms with Crippen LogP contribution in [-0.4, -0.2) is 20.4 Å². The van der Waals surface area contributed by atoms with Gasteiger partial charge in [-0.1, -0.05) is 30.8 Å². The Bertz CT molecular complexity index is 566. The van der Waals surface area contributed by atoms with E-state index < -0.39 is 0 Å². The van der Waals surface area contributed by atoms with Gasteiger partial charge in [-0.15, -0.1) is 0 Å². The summed E-state index contributed by atoms with van der Waals surface area (Å²) in [7, 11) is 0. The van der Waals surface area contributed by atoms with Gasteiger partial charge in [0.25, 0.3) is 5.89 Å². The van der Waals surface area contributed by atoms with E-state index in [-0.39, 0.29) is 11.5 Å². The highest BCUT2D eigenvalue weighted by atomic mass is 16.5. The third kappa shape index (κ3) is 2.76. The summed E-state index contributed by atoms with van der Waals surface area (Å²) < 4.78 is 5.27. The van der Waals surface area contributed by atoms with Crippen LogP contribution in [0.2, 0.25) is 0 Å². The van der Waals surface area contributed by atoms with Gasteiger partial charge in [0.15, 0.2) is 5.82 Å². The highest BCUT2D eigenvalue weighted by molar-refractivity contribution is 5.58. The second-order valence-electron chi connectivity index (χ2n) is 5.38. The van der Waals surface area contributed by atoms with Gasteiger partial charge in [-0.3, -0.25) is 0 Å². The maximum atomic E-state index is 9.50. The minimum absolute atomic E-state index is 0.0192. The van der Waals surface area contributed by atoms with E-state index in [0.29, 0.717) is 17.4 Å². The summed E-state index contributed by atoms with van der Waals surface area (Å²) in [5.41, 5.74) is 0.537. The number of aromatic nitrogens is 2. The molecule has 0 spiro atoms. The number of rotatable bonds is 2. The minimum Gasteiger partial charge on any atom is -0.508 e. The lowest BCUT2D eigenvalue weighted by atomic mass is 10.00. The van der Waals surface area contributed by atoms with Gasteiger partial charge in [0.2, 0.25) is 0 Å². The fourth-order valence-electron chi connectivity index (χ4n) is 2.77. The zero-order valence-electron chi connectivity index (χ0n) is 11.2. The van der Waals surface area contributed by atoms with Crippen LogP contribution >= 0.6 is 0 Å². The lowest BCUT2D eigenvalue weighted by Crippen LogP contribution is -1.99. The Kier molecular flexibility index (Phi) is 3.58. The molecule has 3 rings (SSSR count). The van der Waals surface area contributed by atoms with Crippen LogP contribution in [0.5, 0.6) is 11.5 Å². The van der Waals surface area contributed by atoms with Crippen molar-refractivity contribution in [1.29, 1.82) is 0 Å². The molecule has 2 aromatic rings. The first-order valence-corrected chi connectivity index (χ1v) is 7.09. The van der Waals surface area contributed by atoms with Crippen molar-refractivity contribution in [2.24, 2.45) is 0 Å². The second-order valence-corrected chi connectivity index (χ2v) is 5.38. The summed E-state index contributed by atoms with van der Waals surface area (Å²) in [6, 6.07) is 4.28. The van der Waals surface area contributed by atoms with Crippen molar-refractivity contribution in [2.45, 2.75) is 44.4 Å². The fourth-order valence-corrected chi connectivity index (χ4v) is 2.77. The summed E-state index contributed by atoms with van der Waals surface area (Å²) in [6.45, 7) is 0. The third-order valence-electron chi connectivity index (χ3n) is 3.81. The largest absolute Gasteiger partial charge is 0.508 e. The van der Waals surface area contributed by atoms with E-state index in [1.165, 1.54) is 43.9 Å². The van der Waals surface area contributed by atoms with Gasteiger partial charge in [0.1, 0.15) is 11.5 Å². The van der Waals surface area contributed by atoms with Crippen LogP contribution in [0.25, 0.3) is 11.5 Å². The SMILES string of the molecule is Oc1cc(O)cc(-c2nc(C3CCCCCC3)no2)c1. The number of hydrogen-bond acceptors (Lipinski definition) is 5. The van der Waals surface area contributed by atoms with Crippen LogP contribution in [0.4, 0.5) is 0 Å². The standard InChI is InChI=1S/C15H18N2O3/c18-12-7-11(8-13(19)9-12)15-16-14(17-20-15)10-5-3-1-2-4-6-10/h7-10,18-19H,1-6H2. The van der Waals surface area contributed by atoms with Gasteiger partial charge in [0, 0.05) is 17.5 Å². The maximum Gasteiger partial charge on any atom is 0.258 e. The lowest BCUT2D eigenvalue weighted by molar-refractivity contribution is 0.408. The molecule has 0 radical (unpaired) electrons. The zero-order chi connectivity index (χ0) is 13.9. The molecule has 1 heterocycles. The smallest absolute Gasteiger partial charge is 0.258 e. The zero-order valence-corrected chi connectivity index (χ0v) is 11.2. The first kappa shape index (κ1) is 13.0. The van der Waals surface area contributed by atoms with Crippen molar-refractivity contribution in [1.82, 2.24) is 10.1 Å². The molecular weight excluding hydrogens is 256 g/mol. The molecule has 1 fully saturated rings. The molecule has 0 unspecified atom stereocenters. The van der Waals surface area contributed by atoms with E-state index in [1.807, 2.05) is 0 Å². The van der Waals surface area contributed by atoms with Crippen molar-refractivity contribution < 1.29 is 14.7 Å². The highest BCUT2D eigenvalue weighted by Gasteiger charge is 2.20. The van der Waals surface area contributed by atoms with E-state index in [0.717, 1.165) is 18.7 Å². The molecule has 5 nitrogen and oxygen atoms in total. The van der Waals surface area contributed by atoms with Gasteiger partial charge in [-0.2, -0.15) is 4.98 Å². The Morgan fingerprint density at radius 3 is 2.25 bits per heavy atom. The number of benzene rings is 1. The number of phenolic OH excluding ortho intramolecular Hbond substituents is 2. The number of aromatic hydroxyl groups is 2. The number of nitrogens with zero attached hydrogens (tertiary/aromatic N) is 2. The first-order chi connectivity index (χ1) is 9.72. The molecule has 106 valence electrons. The molecule has 0 amide bonds. The van der Waals surface area contributed by atoms with E-state index in [1.54, 1.807) is 0 Å². The molecular formula is C15H18N2O3. The normalized spacial score (nSPS) is 17.0. The van der Waals surface area contributed by atoms with E-state index in [9.17, 15) is 10.2 Å². The molecule has 0 bridgehead atoms. The van der Waals surface area contributed by atoms with Crippen molar-refractivity contribution in [3.63, 3.8) is 0 Å². The van der Waals surface area contributed by atoms with Crippen molar-refractivity contribution in [3.8, 4) is 23.0 Å². The Hall–Kier alpha value is -2.04. The van der Waals surface area contributed by atoms with E-state index >= 15 is 0 Å². The van der Waals surface area contributed by atoms with Crippen LogP contribution in [0.3, 0.4) is 0 Å². The molecule has 1 aromatic carbocycles. The van der Waals surface area contributed by atoms with Crippen LogP contribution in [0, 0.1) is 0 Å². The molecule has 0 saturated heterocycles. The van der Waals surface area contributed by atoms with Crippen LogP contribution in [-0.2, 0) is 0 Å². The van der Waals surface area contributed by atoms with Crippen molar-refractivity contribution in [3.05, 3.63) is 24.0 Å². The van der Waals surface area contributed by atoms with Crippen LogP contribution < -0.4 is 0 Å². The van der Waals surface area contributed by atoms with Gasteiger partial charge >= 0.3 is 0 Å². The minimum atomic E-state index is -0.0192. The Labute approximate surface area is 117 Å². The summed E-state index contributed by atoms with van der Waals surface area (Å²) in [4.78, 5) is 4.43. The molecule has 5 heteroatoms. The highest BCUT2D eigenvalue weighted by Crippen LogP contribution is 2.32. The molecule has 1 aliphatic rings. The Balaban J connectivity index is 1.85. The van der Waals surface area contributed by atoms with Gasteiger partial charge < -0.3 is 14.7 Å². The van der Waals surface area contributed by atoms with Gasteiger partial charge in [-0.05, 0) is 25.0 Å². The summed E-state index contributed by atoms with van der Waals surface area (Å²) in [5, 5.41) is 23.1. The Morgan fingerprint density at radius 1 is 0.950 bits per heavy atom. The summed E-state index contributed by atoms with van der Waals surface area (Å²) in [6.07, 6.45) is 7.18. The number of hydrogen-bond donors (Lipinski definition) is 2.